The SMILES string of the molecule is CCN1CCN(S(=O)(=O)c2cccc(NC(=O)C3(c4cccc(F)c4)CCOCC3)c2)CC1. The Kier molecular flexibility index (Phi) is 7.13. The third-order valence-electron chi connectivity index (χ3n) is 6.67. The van der Waals surface area contributed by atoms with Gasteiger partial charge >= 0.3 is 0 Å². The molecule has 0 atom stereocenters. The molecule has 0 unspecified atom stereocenters. The number of hydrogen-bond acceptors (Lipinski definition) is 5. The summed E-state index contributed by atoms with van der Waals surface area (Å²) in [6.45, 7) is 6.02. The van der Waals surface area contributed by atoms with Gasteiger partial charge in [-0.3, -0.25) is 4.79 Å². The van der Waals surface area contributed by atoms with Gasteiger partial charge in [0.2, 0.25) is 15.9 Å². The Hall–Kier alpha value is -2.33. The highest BCUT2D eigenvalue weighted by Gasteiger charge is 2.42. The molecule has 0 aliphatic carbocycles. The first-order valence-electron chi connectivity index (χ1n) is 11.3. The fraction of sp³-hybridized carbons (Fsp3) is 0.458. The lowest BCUT2D eigenvalue weighted by atomic mass is 9.73. The molecule has 2 saturated heterocycles. The third-order valence-corrected chi connectivity index (χ3v) is 8.56. The van der Waals surface area contributed by atoms with E-state index in [1.54, 1.807) is 30.3 Å². The molecular weight excluding hydrogens is 445 g/mol. The number of amides is 1. The first-order valence-corrected chi connectivity index (χ1v) is 12.8. The average Bonchev–Trinajstić information content (AvgIpc) is 2.84. The van der Waals surface area contributed by atoms with Crippen molar-refractivity contribution in [2.75, 3.05) is 51.3 Å². The molecule has 9 heteroatoms. The van der Waals surface area contributed by atoms with E-state index in [4.69, 9.17) is 4.74 Å². The fourth-order valence-electron chi connectivity index (χ4n) is 4.57. The van der Waals surface area contributed by atoms with Crippen molar-refractivity contribution in [1.29, 1.82) is 0 Å². The molecule has 2 aromatic rings. The van der Waals surface area contributed by atoms with E-state index in [0.717, 1.165) is 6.54 Å². The number of rotatable bonds is 6. The van der Waals surface area contributed by atoms with E-state index in [0.29, 0.717) is 63.5 Å². The van der Waals surface area contributed by atoms with Crippen LogP contribution in [0.25, 0.3) is 0 Å². The van der Waals surface area contributed by atoms with Crippen molar-refractivity contribution in [2.24, 2.45) is 0 Å². The number of anilines is 1. The van der Waals surface area contributed by atoms with E-state index in [9.17, 15) is 17.6 Å². The van der Waals surface area contributed by atoms with Gasteiger partial charge in [-0.05, 0) is 55.3 Å². The van der Waals surface area contributed by atoms with Gasteiger partial charge < -0.3 is 15.0 Å². The van der Waals surface area contributed by atoms with Crippen LogP contribution in [0.1, 0.15) is 25.3 Å². The van der Waals surface area contributed by atoms with Crippen LogP contribution in [0.2, 0.25) is 0 Å². The van der Waals surface area contributed by atoms with Crippen molar-refractivity contribution in [3.63, 3.8) is 0 Å². The van der Waals surface area contributed by atoms with Crippen molar-refractivity contribution >= 4 is 21.6 Å². The second kappa shape index (κ2) is 9.89. The minimum Gasteiger partial charge on any atom is -0.381 e. The van der Waals surface area contributed by atoms with Gasteiger partial charge in [-0.25, -0.2) is 12.8 Å². The predicted octanol–water partition coefficient (Wildman–Crippen LogP) is 2.84. The first kappa shape index (κ1) is 23.8. The van der Waals surface area contributed by atoms with Crippen LogP contribution in [-0.4, -0.2) is 69.5 Å². The molecule has 2 aliphatic heterocycles. The molecule has 178 valence electrons. The Morgan fingerprint density at radius 1 is 1.06 bits per heavy atom. The predicted molar refractivity (Wildman–Crippen MR) is 124 cm³/mol. The molecule has 2 heterocycles. The van der Waals surface area contributed by atoms with E-state index < -0.39 is 21.3 Å². The molecule has 2 aromatic carbocycles. The smallest absolute Gasteiger partial charge is 0.243 e. The number of piperazine rings is 1. The van der Waals surface area contributed by atoms with E-state index in [1.807, 2.05) is 0 Å². The van der Waals surface area contributed by atoms with Crippen LogP contribution in [0.15, 0.2) is 53.4 Å². The molecule has 2 fully saturated rings. The van der Waals surface area contributed by atoms with Gasteiger partial charge in [0.15, 0.2) is 0 Å². The van der Waals surface area contributed by atoms with Gasteiger partial charge in [-0.2, -0.15) is 4.31 Å². The number of nitrogens with zero attached hydrogens (tertiary/aromatic N) is 2. The summed E-state index contributed by atoms with van der Waals surface area (Å²) in [6.07, 6.45) is 0.837. The second-order valence-corrected chi connectivity index (χ2v) is 10.5. The summed E-state index contributed by atoms with van der Waals surface area (Å²) in [6, 6.07) is 12.4. The maximum atomic E-state index is 14.0. The Morgan fingerprint density at radius 2 is 1.76 bits per heavy atom. The van der Waals surface area contributed by atoms with Crippen LogP contribution in [0.4, 0.5) is 10.1 Å². The molecule has 7 nitrogen and oxygen atoms in total. The molecule has 0 aromatic heterocycles. The summed E-state index contributed by atoms with van der Waals surface area (Å²) in [5.41, 5.74) is 0.0579. The third kappa shape index (κ3) is 4.96. The van der Waals surface area contributed by atoms with Crippen LogP contribution in [0.3, 0.4) is 0 Å². The zero-order valence-electron chi connectivity index (χ0n) is 18.8. The highest BCUT2D eigenvalue weighted by molar-refractivity contribution is 7.89. The van der Waals surface area contributed by atoms with Crippen molar-refractivity contribution in [1.82, 2.24) is 9.21 Å². The van der Waals surface area contributed by atoms with E-state index in [-0.39, 0.29) is 10.8 Å². The quantitative estimate of drug-likeness (QED) is 0.695. The number of carbonyl (C=O) groups is 1. The number of carbonyl (C=O) groups excluding carboxylic acids is 1. The Balaban J connectivity index is 1.56. The van der Waals surface area contributed by atoms with Crippen LogP contribution < -0.4 is 5.32 Å². The van der Waals surface area contributed by atoms with Gasteiger partial charge in [0, 0.05) is 45.1 Å². The molecule has 1 N–H and O–H groups in total. The van der Waals surface area contributed by atoms with Crippen LogP contribution in [0.5, 0.6) is 0 Å². The summed E-state index contributed by atoms with van der Waals surface area (Å²) < 4.78 is 47.3. The molecule has 0 bridgehead atoms. The highest BCUT2D eigenvalue weighted by Crippen LogP contribution is 2.36. The van der Waals surface area contributed by atoms with Gasteiger partial charge in [-0.1, -0.05) is 25.1 Å². The number of nitrogens with one attached hydrogen (secondary N) is 1. The Labute approximate surface area is 194 Å². The molecule has 4 rings (SSSR count). The van der Waals surface area contributed by atoms with Crippen molar-refractivity contribution in [2.45, 2.75) is 30.1 Å². The van der Waals surface area contributed by atoms with Crippen LogP contribution in [0, 0.1) is 5.82 Å². The maximum Gasteiger partial charge on any atom is 0.243 e. The summed E-state index contributed by atoms with van der Waals surface area (Å²) in [5.74, 6) is -0.690. The standard InChI is InChI=1S/C24H30FN3O4S/c1-2-27-11-13-28(14-12-27)33(30,31)22-8-4-7-21(18-22)26-23(29)24(9-15-32-16-10-24)19-5-3-6-20(25)17-19/h3-8,17-18H,2,9-16H2,1H3,(H,26,29). The second-order valence-electron chi connectivity index (χ2n) is 8.53. The molecule has 1 amide bonds. The van der Waals surface area contributed by atoms with Crippen molar-refractivity contribution in [3.05, 3.63) is 59.9 Å². The number of benzene rings is 2. The highest BCUT2D eigenvalue weighted by atomic mass is 32.2. The normalized spacial score (nSPS) is 19.8. The molecule has 0 radical (unpaired) electrons. The summed E-state index contributed by atoms with van der Waals surface area (Å²) in [7, 11) is -3.66. The van der Waals surface area contributed by atoms with Gasteiger partial charge in [-0.15, -0.1) is 0 Å². The molecule has 0 spiro atoms. The minimum atomic E-state index is -3.66. The lowest BCUT2D eigenvalue weighted by molar-refractivity contribution is -0.125. The lowest BCUT2D eigenvalue weighted by Gasteiger charge is -2.36. The fourth-order valence-corrected chi connectivity index (χ4v) is 6.04. The molecular formula is C24H30FN3O4S. The monoisotopic (exact) mass is 475 g/mol. The van der Waals surface area contributed by atoms with Crippen molar-refractivity contribution < 1.29 is 22.3 Å². The number of likely N-dealkylation sites (N-methyl/N-ethyl adjacent to an activating group) is 1. The Morgan fingerprint density at radius 3 is 2.42 bits per heavy atom. The number of ether oxygens (including phenoxy) is 1. The topological polar surface area (TPSA) is 79.0 Å². The van der Waals surface area contributed by atoms with Gasteiger partial charge in [0.1, 0.15) is 5.82 Å². The van der Waals surface area contributed by atoms with E-state index in [2.05, 4.69) is 17.1 Å². The van der Waals surface area contributed by atoms with E-state index in [1.165, 1.54) is 22.5 Å². The molecule has 2 aliphatic rings. The number of sulfonamides is 1. The molecule has 33 heavy (non-hydrogen) atoms. The summed E-state index contributed by atoms with van der Waals surface area (Å²) in [4.78, 5) is 15.8. The summed E-state index contributed by atoms with van der Waals surface area (Å²) >= 11 is 0. The van der Waals surface area contributed by atoms with Crippen LogP contribution in [-0.2, 0) is 25.0 Å². The lowest BCUT2D eigenvalue weighted by Crippen LogP contribution is -2.48. The average molecular weight is 476 g/mol. The zero-order chi connectivity index (χ0) is 23.5. The first-order chi connectivity index (χ1) is 15.8. The summed E-state index contributed by atoms with van der Waals surface area (Å²) in [5, 5.41) is 2.89. The number of halogens is 1. The minimum absolute atomic E-state index is 0.150. The Bertz CT molecular complexity index is 1090. The van der Waals surface area contributed by atoms with Crippen molar-refractivity contribution in [3.8, 4) is 0 Å². The zero-order valence-corrected chi connectivity index (χ0v) is 19.6. The maximum absolute atomic E-state index is 14.0. The van der Waals surface area contributed by atoms with Crippen LogP contribution >= 0.6 is 0 Å². The number of hydrogen-bond donors (Lipinski definition) is 1. The van der Waals surface area contributed by atoms with Gasteiger partial charge in [0.25, 0.3) is 0 Å². The molecule has 0 saturated carbocycles. The largest absolute Gasteiger partial charge is 0.381 e. The van der Waals surface area contributed by atoms with Gasteiger partial charge in [0.05, 0.1) is 10.3 Å². The van der Waals surface area contributed by atoms with E-state index >= 15 is 0 Å².